The summed E-state index contributed by atoms with van der Waals surface area (Å²) in [7, 11) is 0. The summed E-state index contributed by atoms with van der Waals surface area (Å²) in [5.41, 5.74) is 7.03. The van der Waals surface area contributed by atoms with E-state index >= 15 is 0 Å². The third-order valence-electron chi connectivity index (χ3n) is 2.67. The summed E-state index contributed by atoms with van der Waals surface area (Å²) >= 11 is 12.0. The lowest BCUT2D eigenvalue weighted by atomic mass is 10.0. The molecule has 1 atom stereocenters. The summed E-state index contributed by atoms with van der Waals surface area (Å²) in [6, 6.07) is 4.49. The van der Waals surface area contributed by atoms with Gasteiger partial charge in [0.1, 0.15) is 5.75 Å². The molecule has 0 bridgehead atoms. The lowest BCUT2D eigenvalue weighted by Gasteiger charge is -2.16. The molecule has 120 valence electrons. The smallest absolute Gasteiger partial charge is 0.406 e. The van der Waals surface area contributed by atoms with Gasteiger partial charge in [-0.25, -0.2) is 0 Å². The van der Waals surface area contributed by atoms with Gasteiger partial charge in [0.15, 0.2) is 0 Å². The maximum atomic E-state index is 12.1. The minimum atomic E-state index is -4.73. The number of benzene rings is 1. The van der Waals surface area contributed by atoms with E-state index in [0.717, 1.165) is 0 Å². The number of nitrogens with two attached hydrogens (primary N) is 1. The third-order valence-corrected chi connectivity index (χ3v) is 3.28. The Labute approximate surface area is 140 Å². The molecule has 2 rings (SSSR count). The quantitative estimate of drug-likeness (QED) is 0.844. The van der Waals surface area contributed by atoms with Crippen LogP contribution in [0.4, 0.5) is 13.2 Å². The molecule has 9 heteroatoms. The molecule has 3 nitrogen and oxygen atoms in total. The van der Waals surface area contributed by atoms with Crippen molar-refractivity contribution in [2.45, 2.75) is 12.4 Å². The Kier molecular flexibility index (Phi) is 6.31. The van der Waals surface area contributed by atoms with Gasteiger partial charge in [0.05, 0.1) is 16.1 Å². The third kappa shape index (κ3) is 4.64. The van der Waals surface area contributed by atoms with Crippen LogP contribution < -0.4 is 10.5 Å². The molecule has 0 spiro atoms. The molecule has 0 saturated carbocycles. The van der Waals surface area contributed by atoms with Crippen LogP contribution in [-0.2, 0) is 0 Å². The number of ether oxygens (including phenoxy) is 1. The average Bonchev–Trinajstić information content (AvgIpc) is 2.37. The Morgan fingerprint density at radius 3 is 2.00 bits per heavy atom. The molecule has 22 heavy (non-hydrogen) atoms. The highest BCUT2D eigenvalue weighted by atomic mass is 35.5. The highest BCUT2D eigenvalue weighted by Gasteiger charge is 2.31. The molecule has 2 aromatic rings. The second kappa shape index (κ2) is 7.37. The average molecular weight is 374 g/mol. The van der Waals surface area contributed by atoms with Crippen LogP contribution in [0.15, 0.2) is 36.7 Å². The van der Waals surface area contributed by atoms with Gasteiger partial charge in [-0.1, -0.05) is 35.3 Å². The van der Waals surface area contributed by atoms with Gasteiger partial charge in [-0.2, -0.15) is 0 Å². The molecule has 1 aromatic carbocycles. The largest absolute Gasteiger partial charge is 0.573 e. The van der Waals surface area contributed by atoms with E-state index in [4.69, 9.17) is 28.9 Å². The first-order valence-electron chi connectivity index (χ1n) is 5.68. The van der Waals surface area contributed by atoms with Gasteiger partial charge in [-0.3, -0.25) is 4.98 Å². The second-order valence-corrected chi connectivity index (χ2v) is 4.93. The van der Waals surface area contributed by atoms with Crippen LogP contribution in [0.3, 0.4) is 0 Å². The van der Waals surface area contributed by atoms with E-state index in [-0.39, 0.29) is 28.2 Å². The molecule has 0 radical (unpaired) electrons. The monoisotopic (exact) mass is 372 g/mol. The van der Waals surface area contributed by atoms with Gasteiger partial charge in [0.25, 0.3) is 0 Å². The van der Waals surface area contributed by atoms with Crippen LogP contribution in [0, 0.1) is 0 Å². The van der Waals surface area contributed by atoms with Crippen LogP contribution >= 0.6 is 35.6 Å². The van der Waals surface area contributed by atoms with E-state index in [9.17, 15) is 13.2 Å². The molecule has 0 aliphatic carbocycles. The normalized spacial score (nSPS) is 12.5. The Hall–Kier alpha value is -1.21. The van der Waals surface area contributed by atoms with Crippen molar-refractivity contribution in [3.8, 4) is 5.75 Å². The van der Waals surface area contributed by atoms with Gasteiger partial charge in [0.2, 0.25) is 0 Å². The van der Waals surface area contributed by atoms with E-state index in [1.54, 1.807) is 0 Å². The van der Waals surface area contributed by atoms with Gasteiger partial charge in [-0.15, -0.1) is 25.6 Å². The number of rotatable bonds is 3. The van der Waals surface area contributed by atoms with Crippen molar-refractivity contribution in [3.63, 3.8) is 0 Å². The first-order valence-corrected chi connectivity index (χ1v) is 6.43. The molecular weight excluding hydrogens is 364 g/mol. The number of hydrogen-bond acceptors (Lipinski definition) is 3. The predicted molar refractivity (Wildman–Crippen MR) is 80.7 cm³/mol. The Bertz CT molecular complexity index is 615. The van der Waals surface area contributed by atoms with Gasteiger partial charge >= 0.3 is 6.36 Å². The van der Waals surface area contributed by atoms with Crippen LogP contribution in [0.1, 0.15) is 17.2 Å². The number of pyridine rings is 1. The summed E-state index contributed by atoms with van der Waals surface area (Å²) in [6.45, 7) is 0. The fourth-order valence-electron chi connectivity index (χ4n) is 1.76. The van der Waals surface area contributed by atoms with Crippen LogP contribution in [0.2, 0.25) is 10.0 Å². The summed E-state index contributed by atoms with van der Waals surface area (Å²) in [5.74, 6) is -0.328. The van der Waals surface area contributed by atoms with Crippen LogP contribution in [0.25, 0.3) is 0 Å². The highest BCUT2D eigenvalue weighted by molar-refractivity contribution is 6.35. The van der Waals surface area contributed by atoms with Crippen molar-refractivity contribution in [1.82, 2.24) is 4.98 Å². The minimum absolute atomic E-state index is 0. The van der Waals surface area contributed by atoms with Gasteiger partial charge < -0.3 is 10.5 Å². The second-order valence-electron chi connectivity index (χ2n) is 4.11. The highest BCUT2D eigenvalue weighted by Crippen LogP contribution is 2.32. The van der Waals surface area contributed by atoms with Crippen molar-refractivity contribution in [2.24, 2.45) is 5.73 Å². The Morgan fingerprint density at radius 1 is 1.05 bits per heavy atom. The minimum Gasteiger partial charge on any atom is -0.406 e. The van der Waals surface area contributed by atoms with Crippen molar-refractivity contribution < 1.29 is 17.9 Å². The maximum absolute atomic E-state index is 12.1. The summed E-state index contributed by atoms with van der Waals surface area (Å²) in [6.07, 6.45) is -1.95. The first kappa shape index (κ1) is 18.8. The molecule has 0 aliphatic rings. The molecular formula is C13H10Cl3F3N2O. The van der Waals surface area contributed by atoms with Crippen molar-refractivity contribution >= 4 is 35.6 Å². The summed E-state index contributed by atoms with van der Waals surface area (Å²) < 4.78 is 40.0. The molecule has 0 unspecified atom stereocenters. The van der Waals surface area contributed by atoms with E-state index in [0.29, 0.717) is 11.1 Å². The lowest BCUT2D eigenvalue weighted by molar-refractivity contribution is -0.274. The fourth-order valence-corrected chi connectivity index (χ4v) is 2.36. The van der Waals surface area contributed by atoms with E-state index < -0.39 is 12.4 Å². The number of hydrogen-bond donors (Lipinski definition) is 1. The predicted octanol–water partition coefficient (Wildman–Crippen LogP) is 4.76. The van der Waals surface area contributed by atoms with E-state index in [1.165, 1.54) is 36.7 Å². The molecule has 0 aliphatic heterocycles. The van der Waals surface area contributed by atoms with Crippen molar-refractivity contribution in [3.05, 3.63) is 57.8 Å². The standard InChI is InChI=1S/C13H9Cl2F3N2O.ClH/c14-9-5-20-6-10(15)11(9)12(19)7-1-3-8(4-2-7)21-13(16,17)18;/h1-6,12H,19H2;1H/t12-;/m0./s1. The van der Waals surface area contributed by atoms with Crippen molar-refractivity contribution in [2.75, 3.05) is 0 Å². The maximum Gasteiger partial charge on any atom is 0.573 e. The molecule has 2 N–H and O–H groups in total. The lowest BCUT2D eigenvalue weighted by Crippen LogP contribution is -2.17. The zero-order valence-corrected chi connectivity index (χ0v) is 13.1. The van der Waals surface area contributed by atoms with Crippen molar-refractivity contribution in [1.29, 1.82) is 0 Å². The van der Waals surface area contributed by atoms with Crippen LogP contribution in [-0.4, -0.2) is 11.3 Å². The fraction of sp³-hybridized carbons (Fsp3) is 0.154. The van der Waals surface area contributed by atoms with E-state index in [2.05, 4.69) is 9.72 Å². The van der Waals surface area contributed by atoms with Gasteiger partial charge in [0, 0.05) is 18.0 Å². The number of halogens is 6. The zero-order chi connectivity index (χ0) is 15.6. The molecule has 0 saturated heterocycles. The number of alkyl halides is 3. The summed E-state index contributed by atoms with van der Waals surface area (Å²) in [5, 5.41) is 0.566. The molecule has 1 heterocycles. The Balaban J connectivity index is 0.00000242. The number of aromatic nitrogens is 1. The van der Waals surface area contributed by atoms with Gasteiger partial charge in [-0.05, 0) is 17.7 Å². The molecule has 0 fully saturated rings. The molecule has 0 amide bonds. The topological polar surface area (TPSA) is 48.1 Å². The summed E-state index contributed by atoms with van der Waals surface area (Å²) in [4.78, 5) is 3.81. The van der Waals surface area contributed by atoms with Crippen LogP contribution in [0.5, 0.6) is 5.75 Å². The van der Waals surface area contributed by atoms with E-state index in [1.807, 2.05) is 0 Å². The molecule has 1 aromatic heterocycles. The SMILES string of the molecule is Cl.N[C@@H](c1ccc(OC(F)(F)F)cc1)c1c(Cl)cncc1Cl. The number of nitrogens with zero attached hydrogens (tertiary/aromatic N) is 1. The Morgan fingerprint density at radius 2 is 1.55 bits per heavy atom. The zero-order valence-electron chi connectivity index (χ0n) is 10.8. The first-order chi connectivity index (χ1) is 9.78.